The van der Waals surface area contributed by atoms with E-state index in [1.165, 1.54) is 17.5 Å². The number of phenols is 1. The largest absolute Gasteiger partial charge is 0.508 e. The van der Waals surface area contributed by atoms with Gasteiger partial charge in [-0.25, -0.2) is 0 Å². The molecule has 1 aromatic carbocycles. The zero-order valence-corrected chi connectivity index (χ0v) is 10.9. The highest BCUT2D eigenvalue weighted by Crippen LogP contribution is 2.53. The highest BCUT2D eigenvalue weighted by atomic mass is 16.3. The van der Waals surface area contributed by atoms with Gasteiger partial charge in [0.05, 0.1) is 0 Å². The molecule has 92 valence electrons. The lowest BCUT2D eigenvalue weighted by Crippen LogP contribution is -2.62. The number of rotatable bonds is 0. The average molecular weight is 231 g/mol. The van der Waals surface area contributed by atoms with Crippen LogP contribution in [0.4, 0.5) is 0 Å². The summed E-state index contributed by atoms with van der Waals surface area (Å²) in [5, 5.41) is 13.3. The maximum absolute atomic E-state index is 9.65. The number of hydrogen-bond acceptors (Lipinski definition) is 2. The first-order valence-electron chi connectivity index (χ1n) is 6.51. The van der Waals surface area contributed by atoms with E-state index in [-0.39, 0.29) is 10.8 Å². The van der Waals surface area contributed by atoms with Gasteiger partial charge in [0.1, 0.15) is 5.75 Å². The molecule has 1 aromatic rings. The molecule has 1 aliphatic heterocycles. The number of piperidine rings is 1. The van der Waals surface area contributed by atoms with Gasteiger partial charge in [-0.1, -0.05) is 26.8 Å². The van der Waals surface area contributed by atoms with E-state index in [0.29, 0.717) is 11.8 Å². The molecule has 2 atom stereocenters. The van der Waals surface area contributed by atoms with Crippen LogP contribution in [-0.4, -0.2) is 17.7 Å². The molecule has 2 nitrogen and oxygen atoms in total. The van der Waals surface area contributed by atoms with Gasteiger partial charge >= 0.3 is 0 Å². The van der Waals surface area contributed by atoms with Gasteiger partial charge in [0.15, 0.2) is 0 Å². The summed E-state index contributed by atoms with van der Waals surface area (Å²) in [6, 6.07) is 6.44. The van der Waals surface area contributed by atoms with Crippen LogP contribution in [0.25, 0.3) is 0 Å². The SMILES string of the molecule is CC1(C)[C@H]2Cc3cc(O)ccc3[C@]1(C)CCN2. The Hall–Kier alpha value is -1.02. The first-order chi connectivity index (χ1) is 7.95. The molecule has 1 aliphatic carbocycles. The van der Waals surface area contributed by atoms with Gasteiger partial charge in [-0.15, -0.1) is 0 Å². The predicted octanol–water partition coefficient (Wildman–Crippen LogP) is 2.59. The second-order valence-corrected chi connectivity index (χ2v) is 6.36. The Balaban J connectivity index is 2.22. The van der Waals surface area contributed by atoms with Crippen LogP contribution < -0.4 is 5.32 Å². The van der Waals surface area contributed by atoms with Gasteiger partial charge in [-0.05, 0) is 48.1 Å². The van der Waals surface area contributed by atoms with Crippen molar-refractivity contribution >= 4 is 0 Å². The Morgan fingerprint density at radius 2 is 2.06 bits per heavy atom. The van der Waals surface area contributed by atoms with E-state index in [9.17, 15) is 5.11 Å². The summed E-state index contributed by atoms with van der Waals surface area (Å²) in [6.45, 7) is 8.24. The predicted molar refractivity (Wildman–Crippen MR) is 69.4 cm³/mol. The fourth-order valence-electron chi connectivity index (χ4n) is 3.77. The lowest BCUT2D eigenvalue weighted by Gasteiger charge is -2.57. The standard InChI is InChI=1S/C15H21NO/c1-14(2)13-9-10-8-11(17)4-5-12(10)15(14,3)6-7-16-13/h4-5,8,13,16-17H,6-7,9H2,1-3H3/t13-,15+/m1/s1. The van der Waals surface area contributed by atoms with E-state index >= 15 is 0 Å². The third-order valence-electron chi connectivity index (χ3n) is 5.42. The second kappa shape index (κ2) is 3.26. The van der Waals surface area contributed by atoms with Crippen molar-refractivity contribution in [2.24, 2.45) is 5.41 Å². The van der Waals surface area contributed by atoms with Crippen LogP contribution in [-0.2, 0) is 11.8 Å². The molecule has 2 bridgehead atoms. The summed E-state index contributed by atoms with van der Waals surface area (Å²) in [5.74, 6) is 0.394. The lowest BCUT2D eigenvalue weighted by atomic mass is 9.51. The molecule has 0 spiro atoms. The summed E-state index contributed by atoms with van der Waals surface area (Å²) in [6.07, 6.45) is 2.21. The van der Waals surface area contributed by atoms with Crippen LogP contribution in [0.2, 0.25) is 0 Å². The number of phenolic OH excluding ortho intramolecular Hbond substituents is 1. The monoisotopic (exact) mass is 231 g/mol. The topological polar surface area (TPSA) is 32.3 Å². The van der Waals surface area contributed by atoms with Crippen molar-refractivity contribution < 1.29 is 5.11 Å². The molecule has 0 unspecified atom stereocenters. The Labute approximate surface area is 103 Å². The number of nitrogens with one attached hydrogen (secondary N) is 1. The van der Waals surface area contributed by atoms with Crippen molar-refractivity contribution in [2.75, 3.05) is 6.54 Å². The normalized spacial score (nSPS) is 34.2. The fourth-order valence-corrected chi connectivity index (χ4v) is 3.77. The second-order valence-electron chi connectivity index (χ2n) is 6.36. The van der Waals surface area contributed by atoms with Crippen molar-refractivity contribution in [2.45, 2.75) is 45.1 Å². The van der Waals surface area contributed by atoms with Crippen LogP contribution in [0.1, 0.15) is 38.3 Å². The number of hydrogen-bond donors (Lipinski definition) is 2. The van der Waals surface area contributed by atoms with Crippen LogP contribution in [0.3, 0.4) is 0 Å². The van der Waals surface area contributed by atoms with E-state index in [1.807, 2.05) is 12.1 Å². The van der Waals surface area contributed by atoms with E-state index in [0.717, 1.165) is 13.0 Å². The molecule has 0 saturated carbocycles. The van der Waals surface area contributed by atoms with E-state index < -0.39 is 0 Å². The van der Waals surface area contributed by atoms with Crippen molar-refractivity contribution in [1.82, 2.24) is 5.32 Å². The first kappa shape index (κ1) is 11.1. The lowest BCUT2D eigenvalue weighted by molar-refractivity contribution is 0.0558. The smallest absolute Gasteiger partial charge is 0.115 e. The van der Waals surface area contributed by atoms with Gasteiger partial charge in [-0.3, -0.25) is 0 Å². The Morgan fingerprint density at radius 3 is 2.82 bits per heavy atom. The van der Waals surface area contributed by atoms with Crippen LogP contribution in [0, 0.1) is 5.41 Å². The maximum atomic E-state index is 9.65. The minimum atomic E-state index is 0.226. The highest BCUT2D eigenvalue weighted by Gasteiger charge is 2.53. The Morgan fingerprint density at radius 1 is 1.29 bits per heavy atom. The fraction of sp³-hybridized carbons (Fsp3) is 0.600. The van der Waals surface area contributed by atoms with E-state index in [2.05, 4.69) is 32.2 Å². The molecule has 0 radical (unpaired) electrons. The van der Waals surface area contributed by atoms with Crippen molar-refractivity contribution in [3.8, 4) is 5.75 Å². The molecule has 17 heavy (non-hydrogen) atoms. The van der Waals surface area contributed by atoms with Crippen LogP contribution in [0.15, 0.2) is 18.2 Å². The minimum absolute atomic E-state index is 0.226. The zero-order chi connectivity index (χ0) is 12.3. The zero-order valence-electron chi connectivity index (χ0n) is 10.9. The molecular formula is C15H21NO. The minimum Gasteiger partial charge on any atom is -0.508 e. The van der Waals surface area contributed by atoms with Gasteiger partial charge in [0.25, 0.3) is 0 Å². The summed E-state index contributed by atoms with van der Waals surface area (Å²) in [5.41, 5.74) is 3.27. The maximum Gasteiger partial charge on any atom is 0.115 e. The summed E-state index contributed by atoms with van der Waals surface area (Å²) in [7, 11) is 0. The molecular weight excluding hydrogens is 210 g/mol. The molecule has 1 fully saturated rings. The first-order valence-corrected chi connectivity index (χ1v) is 6.51. The molecule has 2 heteroatoms. The molecule has 2 N–H and O–H groups in total. The summed E-state index contributed by atoms with van der Waals surface area (Å²) < 4.78 is 0. The van der Waals surface area contributed by atoms with Gasteiger partial charge in [-0.2, -0.15) is 0 Å². The average Bonchev–Trinajstić information content (AvgIpc) is 2.23. The van der Waals surface area contributed by atoms with Gasteiger partial charge < -0.3 is 10.4 Å². The van der Waals surface area contributed by atoms with E-state index in [1.54, 1.807) is 0 Å². The van der Waals surface area contributed by atoms with Crippen LogP contribution >= 0.6 is 0 Å². The molecule has 0 amide bonds. The molecule has 1 heterocycles. The quantitative estimate of drug-likeness (QED) is 0.719. The number of fused-ring (bicyclic) bond motifs is 4. The number of aromatic hydroxyl groups is 1. The van der Waals surface area contributed by atoms with Crippen molar-refractivity contribution in [1.29, 1.82) is 0 Å². The highest BCUT2D eigenvalue weighted by molar-refractivity contribution is 5.45. The van der Waals surface area contributed by atoms with Crippen molar-refractivity contribution in [3.63, 3.8) is 0 Å². The number of benzene rings is 1. The van der Waals surface area contributed by atoms with Gasteiger partial charge in [0.2, 0.25) is 0 Å². The molecule has 2 aliphatic rings. The van der Waals surface area contributed by atoms with Gasteiger partial charge in [0, 0.05) is 11.5 Å². The Kier molecular flexibility index (Phi) is 2.13. The Bertz CT molecular complexity index is 466. The third kappa shape index (κ3) is 1.30. The molecule has 1 saturated heterocycles. The van der Waals surface area contributed by atoms with Crippen LogP contribution in [0.5, 0.6) is 5.75 Å². The summed E-state index contributed by atoms with van der Waals surface area (Å²) >= 11 is 0. The van der Waals surface area contributed by atoms with E-state index in [4.69, 9.17) is 0 Å². The van der Waals surface area contributed by atoms with Crippen molar-refractivity contribution in [3.05, 3.63) is 29.3 Å². The summed E-state index contributed by atoms with van der Waals surface area (Å²) in [4.78, 5) is 0. The molecule has 3 rings (SSSR count). The molecule has 0 aromatic heterocycles. The third-order valence-corrected chi connectivity index (χ3v) is 5.42.